The molecule has 19 heavy (non-hydrogen) atoms. The maximum atomic E-state index is 10.9. The van der Waals surface area contributed by atoms with Crippen LogP contribution in [0.2, 0.25) is 0 Å². The van der Waals surface area contributed by atoms with Gasteiger partial charge in [0, 0.05) is 12.3 Å². The Labute approximate surface area is 112 Å². The molecule has 1 aromatic rings. The average Bonchev–Trinajstić information content (AvgIpc) is 2.41. The standard InChI is InChI=1S/C13H19N3O3/c1-10-7-12(16(17)18)13(15-8-10)19-6-4-11-3-2-5-14-9-11/h7-8,11,14H,2-6,9H2,1H3. The van der Waals surface area contributed by atoms with Crippen LogP contribution in [0.15, 0.2) is 12.3 Å². The van der Waals surface area contributed by atoms with Crippen LogP contribution in [-0.2, 0) is 0 Å². The minimum atomic E-state index is -0.447. The first-order valence-corrected chi connectivity index (χ1v) is 6.61. The van der Waals surface area contributed by atoms with E-state index in [9.17, 15) is 10.1 Å². The summed E-state index contributed by atoms with van der Waals surface area (Å²) in [6.45, 7) is 4.34. The molecule has 1 unspecified atom stereocenters. The molecule has 104 valence electrons. The molecular weight excluding hydrogens is 246 g/mol. The highest BCUT2D eigenvalue weighted by molar-refractivity contribution is 5.42. The van der Waals surface area contributed by atoms with Crippen molar-refractivity contribution in [2.24, 2.45) is 5.92 Å². The van der Waals surface area contributed by atoms with Crippen LogP contribution < -0.4 is 10.1 Å². The Morgan fingerprint density at radius 2 is 2.47 bits per heavy atom. The summed E-state index contributed by atoms with van der Waals surface area (Å²) < 4.78 is 5.48. The van der Waals surface area contributed by atoms with E-state index in [1.54, 1.807) is 13.1 Å². The third-order valence-corrected chi connectivity index (χ3v) is 3.33. The Balaban J connectivity index is 1.89. The second kappa shape index (κ2) is 6.47. The summed E-state index contributed by atoms with van der Waals surface area (Å²) in [5.41, 5.74) is 0.706. The second-order valence-corrected chi connectivity index (χ2v) is 4.94. The van der Waals surface area contributed by atoms with Gasteiger partial charge in [-0.25, -0.2) is 4.98 Å². The Bertz CT molecular complexity index is 445. The summed E-state index contributed by atoms with van der Waals surface area (Å²) in [5, 5.41) is 14.3. The fraction of sp³-hybridized carbons (Fsp3) is 0.615. The number of piperidine rings is 1. The second-order valence-electron chi connectivity index (χ2n) is 4.94. The largest absolute Gasteiger partial charge is 0.473 e. The number of pyridine rings is 1. The van der Waals surface area contributed by atoms with Crippen molar-refractivity contribution < 1.29 is 9.66 Å². The quantitative estimate of drug-likeness (QED) is 0.651. The number of aromatic nitrogens is 1. The van der Waals surface area contributed by atoms with Gasteiger partial charge in [0.2, 0.25) is 0 Å². The molecule has 0 saturated carbocycles. The van der Waals surface area contributed by atoms with Crippen LogP contribution in [-0.4, -0.2) is 29.6 Å². The molecule has 1 aliphatic heterocycles. The molecule has 0 aliphatic carbocycles. The van der Waals surface area contributed by atoms with Gasteiger partial charge >= 0.3 is 5.69 Å². The van der Waals surface area contributed by atoms with Crippen LogP contribution in [0.25, 0.3) is 0 Å². The van der Waals surface area contributed by atoms with Crippen LogP contribution >= 0.6 is 0 Å². The highest BCUT2D eigenvalue weighted by Crippen LogP contribution is 2.25. The van der Waals surface area contributed by atoms with Crippen LogP contribution in [0, 0.1) is 23.0 Å². The van der Waals surface area contributed by atoms with E-state index >= 15 is 0 Å². The average molecular weight is 265 g/mol. The molecule has 6 nitrogen and oxygen atoms in total. The normalized spacial score (nSPS) is 19.1. The summed E-state index contributed by atoms with van der Waals surface area (Å²) in [4.78, 5) is 14.5. The van der Waals surface area contributed by atoms with Crippen molar-refractivity contribution in [3.8, 4) is 5.88 Å². The van der Waals surface area contributed by atoms with Crippen molar-refractivity contribution >= 4 is 5.69 Å². The maximum absolute atomic E-state index is 10.9. The summed E-state index contributed by atoms with van der Waals surface area (Å²) in [5.74, 6) is 0.720. The number of hydrogen-bond acceptors (Lipinski definition) is 5. The highest BCUT2D eigenvalue weighted by atomic mass is 16.6. The van der Waals surface area contributed by atoms with Gasteiger partial charge in [-0.3, -0.25) is 10.1 Å². The zero-order chi connectivity index (χ0) is 13.7. The molecule has 0 spiro atoms. The predicted molar refractivity (Wildman–Crippen MR) is 71.3 cm³/mol. The molecular formula is C13H19N3O3. The van der Waals surface area contributed by atoms with Gasteiger partial charge in [-0.05, 0) is 50.8 Å². The lowest BCUT2D eigenvalue weighted by molar-refractivity contribution is -0.386. The first-order chi connectivity index (χ1) is 9.16. The lowest BCUT2D eigenvalue weighted by atomic mass is 9.97. The third kappa shape index (κ3) is 3.89. The summed E-state index contributed by atoms with van der Waals surface area (Å²) in [6.07, 6.45) is 4.87. The van der Waals surface area contributed by atoms with Crippen molar-refractivity contribution in [2.75, 3.05) is 19.7 Å². The topological polar surface area (TPSA) is 77.3 Å². The van der Waals surface area contributed by atoms with Crippen molar-refractivity contribution in [1.82, 2.24) is 10.3 Å². The molecule has 1 atom stereocenters. The van der Waals surface area contributed by atoms with E-state index in [1.165, 1.54) is 18.9 Å². The number of hydrogen-bond donors (Lipinski definition) is 1. The third-order valence-electron chi connectivity index (χ3n) is 3.33. The zero-order valence-electron chi connectivity index (χ0n) is 11.1. The molecule has 2 heterocycles. The van der Waals surface area contributed by atoms with Crippen molar-refractivity contribution in [3.05, 3.63) is 27.9 Å². The van der Waals surface area contributed by atoms with Gasteiger partial charge in [0.1, 0.15) is 0 Å². The first-order valence-electron chi connectivity index (χ1n) is 6.61. The molecule has 1 saturated heterocycles. The Morgan fingerprint density at radius 1 is 1.63 bits per heavy atom. The monoisotopic (exact) mass is 265 g/mol. The zero-order valence-corrected chi connectivity index (χ0v) is 11.1. The van der Waals surface area contributed by atoms with Gasteiger partial charge in [-0.2, -0.15) is 0 Å². The predicted octanol–water partition coefficient (Wildman–Crippen LogP) is 2.07. The van der Waals surface area contributed by atoms with Gasteiger partial charge in [0.15, 0.2) is 0 Å². The first kappa shape index (κ1) is 13.7. The lowest BCUT2D eigenvalue weighted by Gasteiger charge is -2.22. The van der Waals surface area contributed by atoms with Crippen LogP contribution in [0.5, 0.6) is 5.88 Å². The molecule has 1 aliphatic rings. The number of aryl methyl sites for hydroxylation is 1. The van der Waals surface area contributed by atoms with Gasteiger partial charge in [-0.15, -0.1) is 0 Å². The van der Waals surface area contributed by atoms with Gasteiger partial charge in [0.05, 0.1) is 11.5 Å². The van der Waals surface area contributed by atoms with E-state index in [-0.39, 0.29) is 11.6 Å². The molecule has 1 fully saturated rings. The van der Waals surface area contributed by atoms with Crippen LogP contribution in [0.1, 0.15) is 24.8 Å². The Kier molecular flexibility index (Phi) is 4.68. The summed E-state index contributed by atoms with van der Waals surface area (Å²) >= 11 is 0. The molecule has 2 rings (SSSR count). The molecule has 0 aromatic carbocycles. The smallest absolute Gasteiger partial charge is 0.331 e. The van der Waals surface area contributed by atoms with Crippen molar-refractivity contribution in [3.63, 3.8) is 0 Å². The fourth-order valence-corrected chi connectivity index (χ4v) is 2.28. The Hall–Kier alpha value is -1.69. The number of nitrogens with zero attached hydrogens (tertiary/aromatic N) is 2. The Morgan fingerprint density at radius 3 is 3.16 bits per heavy atom. The van der Waals surface area contributed by atoms with E-state index in [0.29, 0.717) is 12.5 Å². The van der Waals surface area contributed by atoms with E-state index in [4.69, 9.17) is 4.74 Å². The molecule has 6 heteroatoms. The molecule has 0 radical (unpaired) electrons. The number of ether oxygens (including phenoxy) is 1. The van der Waals surface area contributed by atoms with E-state index in [2.05, 4.69) is 10.3 Å². The molecule has 1 N–H and O–H groups in total. The molecule has 0 bridgehead atoms. The van der Waals surface area contributed by atoms with Crippen molar-refractivity contribution in [2.45, 2.75) is 26.2 Å². The van der Waals surface area contributed by atoms with E-state index < -0.39 is 4.92 Å². The molecule has 1 aromatic heterocycles. The number of nitro groups is 1. The van der Waals surface area contributed by atoms with Gasteiger partial charge in [0.25, 0.3) is 5.88 Å². The van der Waals surface area contributed by atoms with Crippen LogP contribution in [0.3, 0.4) is 0 Å². The highest BCUT2D eigenvalue weighted by Gasteiger charge is 2.18. The number of nitrogens with one attached hydrogen (secondary N) is 1. The van der Waals surface area contributed by atoms with E-state index in [0.717, 1.165) is 25.1 Å². The summed E-state index contributed by atoms with van der Waals surface area (Å²) in [7, 11) is 0. The summed E-state index contributed by atoms with van der Waals surface area (Å²) in [6, 6.07) is 1.49. The van der Waals surface area contributed by atoms with E-state index in [1.807, 2.05) is 0 Å². The minimum Gasteiger partial charge on any atom is -0.473 e. The number of rotatable bonds is 5. The van der Waals surface area contributed by atoms with Crippen molar-refractivity contribution in [1.29, 1.82) is 0 Å². The van der Waals surface area contributed by atoms with Crippen LogP contribution in [0.4, 0.5) is 5.69 Å². The molecule has 0 amide bonds. The SMILES string of the molecule is Cc1cnc(OCCC2CCCNC2)c([N+](=O)[O-])c1. The van der Waals surface area contributed by atoms with Gasteiger partial charge in [-0.1, -0.05) is 0 Å². The fourth-order valence-electron chi connectivity index (χ4n) is 2.28. The van der Waals surface area contributed by atoms with Gasteiger partial charge < -0.3 is 10.1 Å². The minimum absolute atomic E-state index is 0.0539. The maximum Gasteiger partial charge on any atom is 0.331 e. The lowest BCUT2D eigenvalue weighted by Crippen LogP contribution is -2.30.